The summed E-state index contributed by atoms with van der Waals surface area (Å²) in [5, 5.41) is 17.4. The normalized spacial score (nSPS) is 11.4. The summed E-state index contributed by atoms with van der Waals surface area (Å²) in [5.41, 5.74) is 5.17. The molecule has 0 aromatic rings. The minimum atomic E-state index is -0.776. The van der Waals surface area contributed by atoms with Crippen LogP contribution in [0.1, 0.15) is 12.8 Å². The lowest BCUT2D eigenvalue weighted by Gasteiger charge is -2.01. The Morgan fingerprint density at radius 1 is 1.54 bits per heavy atom. The van der Waals surface area contributed by atoms with Crippen LogP contribution in [0, 0.1) is 0 Å². The van der Waals surface area contributed by atoms with E-state index in [2.05, 4.69) is 4.74 Å². The summed E-state index contributed by atoms with van der Waals surface area (Å²) in [5.74, 6) is -1.24. The second-order valence-corrected chi connectivity index (χ2v) is 2.38. The fraction of sp³-hybridized carbons (Fsp3) is 0.625. The molecule has 0 heterocycles. The summed E-state index contributed by atoms with van der Waals surface area (Å²) in [7, 11) is 0. The number of hydrogen-bond acceptors (Lipinski definition) is 5. The minimum Gasteiger partial charge on any atom is -0.502 e. The molecular weight excluding hydrogens is 174 g/mol. The lowest BCUT2D eigenvalue weighted by molar-refractivity contribution is -0.142. The number of aliphatic hydroxyl groups is 2. The molecule has 0 aliphatic carbocycles. The van der Waals surface area contributed by atoms with Gasteiger partial charge < -0.3 is 20.7 Å². The highest BCUT2D eigenvalue weighted by Crippen LogP contribution is 1.95. The summed E-state index contributed by atoms with van der Waals surface area (Å²) >= 11 is 0. The van der Waals surface area contributed by atoms with Gasteiger partial charge in [0.15, 0.2) is 5.76 Å². The van der Waals surface area contributed by atoms with Crippen LogP contribution in [0.25, 0.3) is 0 Å². The molecular formula is C8H15NO4. The highest BCUT2D eigenvalue weighted by molar-refractivity contribution is 5.85. The number of ether oxygens (including phenoxy) is 1. The second-order valence-electron chi connectivity index (χ2n) is 2.38. The first-order valence-electron chi connectivity index (χ1n) is 4.09. The van der Waals surface area contributed by atoms with E-state index >= 15 is 0 Å². The number of carbonyl (C=O) groups excluding carboxylic acids is 1. The third-order valence-electron chi connectivity index (χ3n) is 1.26. The molecule has 76 valence electrons. The molecule has 0 aromatic carbocycles. The van der Waals surface area contributed by atoms with E-state index in [1.165, 1.54) is 6.08 Å². The monoisotopic (exact) mass is 189 g/mol. The lowest BCUT2D eigenvalue weighted by atomic mass is 10.3. The highest BCUT2D eigenvalue weighted by atomic mass is 16.5. The van der Waals surface area contributed by atoms with Crippen LogP contribution in [0.4, 0.5) is 0 Å². The van der Waals surface area contributed by atoms with Crippen LogP contribution in [0.5, 0.6) is 0 Å². The predicted molar refractivity (Wildman–Crippen MR) is 47.0 cm³/mol. The Bertz CT molecular complexity index is 179. The molecule has 0 saturated carbocycles. The zero-order valence-electron chi connectivity index (χ0n) is 7.40. The first kappa shape index (κ1) is 11.9. The molecule has 5 nitrogen and oxygen atoms in total. The van der Waals surface area contributed by atoms with E-state index < -0.39 is 11.7 Å². The largest absolute Gasteiger partial charge is 0.502 e. The van der Waals surface area contributed by atoms with Gasteiger partial charge >= 0.3 is 5.97 Å². The average Bonchev–Trinajstić information content (AvgIpc) is 2.14. The van der Waals surface area contributed by atoms with Crippen molar-refractivity contribution in [1.82, 2.24) is 0 Å². The second kappa shape index (κ2) is 7.57. The third-order valence-corrected chi connectivity index (χ3v) is 1.26. The minimum absolute atomic E-state index is 0.111. The van der Waals surface area contributed by atoms with Crippen molar-refractivity contribution in [3.05, 3.63) is 11.8 Å². The first-order chi connectivity index (χ1) is 6.22. The molecule has 0 unspecified atom stereocenters. The first-order valence-corrected chi connectivity index (χ1v) is 4.09. The van der Waals surface area contributed by atoms with Crippen LogP contribution in [0.15, 0.2) is 11.8 Å². The van der Waals surface area contributed by atoms with Gasteiger partial charge in [-0.2, -0.15) is 0 Å². The zero-order valence-corrected chi connectivity index (χ0v) is 7.40. The lowest BCUT2D eigenvalue weighted by Crippen LogP contribution is -2.11. The smallest absolute Gasteiger partial charge is 0.373 e. The highest BCUT2D eigenvalue weighted by Gasteiger charge is 2.07. The molecule has 0 fully saturated rings. The zero-order chi connectivity index (χ0) is 10.1. The van der Waals surface area contributed by atoms with Crippen LogP contribution in [-0.2, 0) is 9.53 Å². The Labute approximate surface area is 76.8 Å². The van der Waals surface area contributed by atoms with Gasteiger partial charge in [0.1, 0.15) is 0 Å². The van der Waals surface area contributed by atoms with Crippen molar-refractivity contribution in [2.24, 2.45) is 5.73 Å². The van der Waals surface area contributed by atoms with E-state index in [0.29, 0.717) is 13.0 Å². The van der Waals surface area contributed by atoms with Crippen molar-refractivity contribution < 1.29 is 19.7 Å². The molecule has 5 heteroatoms. The van der Waals surface area contributed by atoms with Crippen molar-refractivity contribution in [1.29, 1.82) is 0 Å². The molecule has 0 aliphatic heterocycles. The van der Waals surface area contributed by atoms with Crippen LogP contribution >= 0.6 is 0 Å². The molecule has 13 heavy (non-hydrogen) atoms. The van der Waals surface area contributed by atoms with Crippen molar-refractivity contribution in [3.8, 4) is 0 Å². The maximum Gasteiger partial charge on any atom is 0.373 e. The Balaban J connectivity index is 3.69. The fourth-order valence-corrected chi connectivity index (χ4v) is 0.607. The van der Waals surface area contributed by atoms with Gasteiger partial charge in [0.05, 0.1) is 6.61 Å². The molecule has 0 amide bonds. The Kier molecular flexibility index (Phi) is 6.95. The van der Waals surface area contributed by atoms with Gasteiger partial charge in [0.2, 0.25) is 0 Å². The molecule has 4 N–H and O–H groups in total. The van der Waals surface area contributed by atoms with Gasteiger partial charge in [-0.15, -0.1) is 0 Å². The van der Waals surface area contributed by atoms with E-state index in [9.17, 15) is 4.79 Å². The topological polar surface area (TPSA) is 92.8 Å². The Morgan fingerprint density at radius 3 is 2.77 bits per heavy atom. The summed E-state index contributed by atoms with van der Waals surface area (Å²) in [6.07, 6.45) is 2.02. The molecule has 0 aromatic heterocycles. The quantitative estimate of drug-likeness (QED) is 0.231. The molecule has 0 aliphatic rings. The van der Waals surface area contributed by atoms with Crippen molar-refractivity contribution in [3.63, 3.8) is 0 Å². The number of nitrogens with two attached hydrogens (primary N) is 1. The molecule has 0 radical (unpaired) electrons. The number of esters is 1. The third kappa shape index (κ3) is 6.12. The molecule has 0 saturated heterocycles. The standard InChI is InChI=1S/C8H15NO4/c9-4-2-6-13-8(12)7(11)3-1-5-10/h3,10-11H,1-2,4-6,9H2. The van der Waals surface area contributed by atoms with Gasteiger partial charge in [-0.05, 0) is 25.5 Å². The van der Waals surface area contributed by atoms with Gasteiger partial charge in [-0.3, -0.25) is 0 Å². The SMILES string of the molecule is NCCCOC(=O)C(O)=CCCO. The van der Waals surface area contributed by atoms with Gasteiger partial charge in [-0.1, -0.05) is 0 Å². The summed E-state index contributed by atoms with van der Waals surface area (Å²) in [6.45, 7) is 0.529. The predicted octanol–water partition coefficient (Wildman–Crippen LogP) is -0.297. The van der Waals surface area contributed by atoms with Crippen molar-refractivity contribution >= 4 is 5.97 Å². The van der Waals surface area contributed by atoms with Crippen LogP contribution in [0.2, 0.25) is 0 Å². The fourth-order valence-electron chi connectivity index (χ4n) is 0.607. The van der Waals surface area contributed by atoms with Crippen molar-refractivity contribution in [2.75, 3.05) is 19.8 Å². The van der Waals surface area contributed by atoms with Gasteiger partial charge in [-0.25, -0.2) is 4.79 Å². The molecule has 0 rings (SSSR count). The average molecular weight is 189 g/mol. The maximum atomic E-state index is 10.9. The van der Waals surface area contributed by atoms with Crippen LogP contribution < -0.4 is 5.73 Å². The number of hydrogen-bond donors (Lipinski definition) is 3. The van der Waals surface area contributed by atoms with Gasteiger partial charge in [0.25, 0.3) is 0 Å². The molecule has 0 bridgehead atoms. The molecule has 0 spiro atoms. The summed E-state index contributed by atoms with van der Waals surface area (Å²) in [4.78, 5) is 10.9. The van der Waals surface area contributed by atoms with Gasteiger partial charge in [0, 0.05) is 6.61 Å². The number of rotatable bonds is 6. The van der Waals surface area contributed by atoms with E-state index in [1.807, 2.05) is 0 Å². The van der Waals surface area contributed by atoms with E-state index in [0.717, 1.165) is 0 Å². The van der Waals surface area contributed by atoms with Crippen LogP contribution in [0.3, 0.4) is 0 Å². The Morgan fingerprint density at radius 2 is 2.23 bits per heavy atom. The Hall–Kier alpha value is -1.07. The van der Waals surface area contributed by atoms with Crippen molar-refractivity contribution in [2.45, 2.75) is 12.8 Å². The van der Waals surface area contributed by atoms with E-state index in [1.54, 1.807) is 0 Å². The van der Waals surface area contributed by atoms with E-state index in [-0.39, 0.29) is 19.6 Å². The van der Waals surface area contributed by atoms with E-state index in [4.69, 9.17) is 15.9 Å². The molecule has 0 atom stereocenters. The number of carbonyl (C=O) groups is 1. The summed E-state index contributed by atoms with van der Waals surface area (Å²) in [6, 6.07) is 0. The van der Waals surface area contributed by atoms with Crippen LogP contribution in [-0.4, -0.2) is 35.9 Å². The number of aliphatic hydroxyl groups excluding tert-OH is 2. The summed E-state index contributed by atoms with van der Waals surface area (Å²) < 4.78 is 4.62. The maximum absolute atomic E-state index is 10.9.